The molecule has 0 aliphatic carbocycles. The predicted octanol–water partition coefficient (Wildman–Crippen LogP) is -2.68. The molecule has 2 aliphatic heterocycles. The van der Waals surface area contributed by atoms with Crippen LogP contribution in [0.25, 0.3) is 0 Å². The van der Waals surface area contributed by atoms with Crippen LogP contribution >= 0.6 is 0 Å². The fourth-order valence-corrected chi connectivity index (χ4v) is 3.91. The van der Waals surface area contributed by atoms with E-state index in [9.17, 15) is 35.4 Å². The van der Waals surface area contributed by atoms with Gasteiger partial charge in [0.05, 0.1) is 25.9 Å². The van der Waals surface area contributed by atoms with Crippen molar-refractivity contribution in [3.05, 3.63) is 35.9 Å². The van der Waals surface area contributed by atoms with Gasteiger partial charge in [-0.05, 0) is 5.56 Å². The number of nitrogens with one attached hydrogen (secondary N) is 1. The second kappa shape index (κ2) is 11.1. The SMILES string of the molecule is CC(=O)N[C@]1(O)[C@H](OCc2ccccc2)O[C@H](CO)[C@@H](O)[C@@H]1O[C@H]1C[C@@H](O)[C@@H](O)[C@@H](CO)O1. The molecular weight excluding hydrogens is 442 g/mol. The average molecular weight is 473 g/mol. The Balaban J connectivity index is 1.86. The molecule has 2 heterocycles. The van der Waals surface area contributed by atoms with Crippen molar-refractivity contribution < 1.29 is 54.4 Å². The van der Waals surface area contributed by atoms with E-state index in [1.807, 2.05) is 6.07 Å². The van der Waals surface area contributed by atoms with Gasteiger partial charge in [-0.1, -0.05) is 30.3 Å². The molecule has 1 aromatic rings. The lowest BCUT2D eigenvalue weighted by molar-refractivity contribution is -0.381. The van der Waals surface area contributed by atoms with Gasteiger partial charge in [-0.2, -0.15) is 0 Å². The van der Waals surface area contributed by atoms with Crippen molar-refractivity contribution in [2.75, 3.05) is 13.2 Å². The maximum absolute atomic E-state index is 11.9. The highest BCUT2D eigenvalue weighted by molar-refractivity contribution is 5.73. The first-order valence-corrected chi connectivity index (χ1v) is 10.6. The third kappa shape index (κ3) is 5.87. The van der Waals surface area contributed by atoms with E-state index in [4.69, 9.17) is 18.9 Å². The fraction of sp³-hybridized carbons (Fsp3) is 0.667. The highest BCUT2D eigenvalue weighted by atomic mass is 16.7. The van der Waals surface area contributed by atoms with Gasteiger partial charge < -0.3 is 54.9 Å². The van der Waals surface area contributed by atoms with Gasteiger partial charge in [0.15, 0.2) is 6.29 Å². The molecule has 1 amide bonds. The van der Waals surface area contributed by atoms with E-state index in [0.717, 1.165) is 12.5 Å². The number of aliphatic hydroxyl groups is 6. The van der Waals surface area contributed by atoms with Crippen LogP contribution in [0.3, 0.4) is 0 Å². The number of carbonyl (C=O) groups excluding carboxylic acids is 1. The third-order valence-corrected chi connectivity index (χ3v) is 5.60. The molecule has 2 aliphatic rings. The molecule has 0 radical (unpaired) electrons. The van der Waals surface area contributed by atoms with E-state index in [2.05, 4.69) is 5.32 Å². The number of benzene rings is 1. The van der Waals surface area contributed by atoms with Crippen LogP contribution in [-0.4, -0.2) is 105 Å². The monoisotopic (exact) mass is 473 g/mol. The van der Waals surface area contributed by atoms with Crippen molar-refractivity contribution in [3.63, 3.8) is 0 Å². The summed E-state index contributed by atoms with van der Waals surface area (Å²) in [5, 5.41) is 63.6. The van der Waals surface area contributed by atoms with Gasteiger partial charge >= 0.3 is 0 Å². The Morgan fingerprint density at radius 2 is 1.73 bits per heavy atom. The summed E-state index contributed by atoms with van der Waals surface area (Å²) >= 11 is 0. The Morgan fingerprint density at radius 1 is 1.09 bits per heavy atom. The van der Waals surface area contributed by atoms with Crippen LogP contribution in [0.15, 0.2) is 30.3 Å². The summed E-state index contributed by atoms with van der Waals surface area (Å²) < 4.78 is 22.4. The number of rotatable bonds is 8. The number of aliphatic hydroxyl groups excluding tert-OH is 5. The molecule has 12 heteroatoms. The third-order valence-electron chi connectivity index (χ3n) is 5.60. The van der Waals surface area contributed by atoms with E-state index in [1.165, 1.54) is 0 Å². The molecule has 3 rings (SSSR count). The van der Waals surface area contributed by atoms with Gasteiger partial charge in [0, 0.05) is 13.3 Å². The molecular formula is C21H31NO11. The van der Waals surface area contributed by atoms with Crippen LogP contribution < -0.4 is 5.32 Å². The summed E-state index contributed by atoms with van der Waals surface area (Å²) in [6.07, 6.45) is -11.5. The zero-order valence-corrected chi connectivity index (χ0v) is 18.1. The zero-order valence-electron chi connectivity index (χ0n) is 18.1. The fourth-order valence-electron chi connectivity index (χ4n) is 3.91. The second-order valence-corrected chi connectivity index (χ2v) is 8.12. The topological polar surface area (TPSA) is 187 Å². The van der Waals surface area contributed by atoms with Crippen molar-refractivity contribution in [1.82, 2.24) is 5.32 Å². The standard InChI is InChI=1S/C21H31NO11/c1-11(25)22-21(29)19(33-16-7-13(26)17(27)14(8-23)31-16)18(28)15(9-24)32-20(21)30-10-12-5-3-2-4-6-12/h2-6,13-20,23-24,26-29H,7-10H2,1H3,(H,22,25)/t13-,14-,15-,16+,17-,18-,19+,20-,21-/m1/s1. The maximum atomic E-state index is 11.9. The molecule has 2 saturated heterocycles. The lowest BCUT2D eigenvalue weighted by Crippen LogP contribution is -2.75. The minimum atomic E-state index is -2.43. The smallest absolute Gasteiger partial charge is 0.219 e. The van der Waals surface area contributed by atoms with Gasteiger partial charge in [-0.25, -0.2) is 0 Å². The second-order valence-electron chi connectivity index (χ2n) is 8.12. The Bertz CT molecular complexity index is 768. The molecule has 9 atom stereocenters. The lowest BCUT2D eigenvalue weighted by atomic mass is 9.92. The molecule has 0 saturated carbocycles. The Hall–Kier alpha value is -1.71. The first kappa shape index (κ1) is 25.9. The first-order valence-electron chi connectivity index (χ1n) is 10.6. The Labute approximate surface area is 190 Å². The summed E-state index contributed by atoms with van der Waals surface area (Å²) in [4.78, 5) is 11.9. The predicted molar refractivity (Wildman–Crippen MR) is 109 cm³/mol. The van der Waals surface area contributed by atoms with Gasteiger partial charge in [0.25, 0.3) is 0 Å². The number of hydrogen-bond donors (Lipinski definition) is 7. The summed E-state index contributed by atoms with van der Waals surface area (Å²) in [5.41, 5.74) is -1.70. The van der Waals surface area contributed by atoms with E-state index < -0.39 is 74.0 Å². The largest absolute Gasteiger partial charge is 0.394 e. The van der Waals surface area contributed by atoms with Crippen molar-refractivity contribution in [2.24, 2.45) is 0 Å². The molecule has 186 valence electrons. The minimum absolute atomic E-state index is 0.0359. The van der Waals surface area contributed by atoms with Gasteiger partial charge in [-0.3, -0.25) is 4.79 Å². The molecule has 0 spiro atoms. The van der Waals surface area contributed by atoms with E-state index >= 15 is 0 Å². The highest BCUT2D eigenvalue weighted by Gasteiger charge is 2.59. The lowest BCUT2D eigenvalue weighted by Gasteiger charge is -2.50. The number of hydrogen-bond acceptors (Lipinski definition) is 11. The molecule has 33 heavy (non-hydrogen) atoms. The molecule has 0 bridgehead atoms. The highest BCUT2D eigenvalue weighted by Crippen LogP contribution is 2.34. The summed E-state index contributed by atoms with van der Waals surface area (Å²) in [7, 11) is 0. The number of carbonyl (C=O) groups is 1. The van der Waals surface area contributed by atoms with Crippen molar-refractivity contribution in [2.45, 2.75) is 74.9 Å². The van der Waals surface area contributed by atoms with Crippen LogP contribution in [0.2, 0.25) is 0 Å². The minimum Gasteiger partial charge on any atom is -0.394 e. The van der Waals surface area contributed by atoms with Gasteiger partial charge in [0.2, 0.25) is 17.9 Å². The normalized spacial score (nSPS) is 39.2. The van der Waals surface area contributed by atoms with E-state index in [0.29, 0.717) is 0 Å². The van der Waals surface area contributed by atoms with Crippen LogP contribution in [0.4, 0.5) is 0 Å². The van der Waals surface area contributed by atoms with Crippen LogP contribution in [-0.2, 0) is 30.3 Å². The number of ether oxygens (including phenoxy) is 4. The van der Waals surface area contributed by atoms with Crippen LogP contribution in [0.1, 0.15) is 18.9 Å². The molecule has 12 nitrogen and oxygen atoms in total. The zero-order chi connectivity index (χ0) is 24.2. The molecule has 7 N–H and O–H groups in total. The summed E-state index contributed by atoms with van der Waals surface area (Å²) in [5.74, 6) is -0.689. The first-order chi connectivity index (χ1) is 15.7. The van der Waals surface area contributed by atoms with Crippen molar-refractivity contribution in [3.8, 4) is 0 Å². The summed E-state index contributed by atoms with van der Waals surface area (Å²) in [6, 6.07) is 8.91. The molecule has 2 fully saturated rings. The molecule has 0 unspecified atom stereocenters. The van der Waals surface area contributed by atoms with Crippen molar-refractivity contribution >= 4 is 5.91 Å². The van der Waals surface area contributed by atoms with Crippen LogP contribution in [0, 0.1) is 0 Å². The number of amides is 1. The molecule has 0 aromatic heterocycles. The quantitative estimate of drug-likeness (QED) is 0.195. The van der Waals surface area contributed by atoms with Crippen LogP contribution in [0.5, 0.6) is 0 Å². The Kier molecular flexibility index (Phi) is 8.75. The Morgan fingerprint density at radius 3 is 2.33 bits per heavy atom. The van der Waals surface area contributed by atoms with Gasteiger partial charge in [-0.15, -0.1) is 0 Å². The van der Waals surface area contributed by atoms with Crippen molar-refractivity contribution in [1.29, 1.82) is 0 Å². The molecule has 1 aromatic carbocycles. The van der Waals surface area contributed by atoms with E-state index in [1.54, 1.807) is 24.3 Å². The summed E-state index contributed by atoms with van der Waals surface area (Å²) in [6.45, 7) is -0.181. The average Bonchev–Trinajstić information content (AvgIpc) is 2.78. The van der Waals surface area contributed by atoms with E-state index in [-0.39, 0.29) is 13.0 Å². The maximum Gasteiger partial charge on any atom is 0.219 e. The van der Waals surface area contributed by atoms with Gasteiger partial charge in [0.1, 0.15) is 30.5 Å².